The van der Waals surface area contributed by atoms with Gasteiger partial charge < -0.3 is 16.0 Å². The third kappa shape index (κ3) is 2.71. The van der Waals surface area contributed by atoms with Crippen molar-refractivity contribution < 1.29 is 4.79 Å². The molecule has 1 aliphatic carbocycles. The predicted molar refractivity (Wildman–Crippen MR) is 86.6 cm³/mol. The van der Waals surface area contributed by atoms with Crippen LogP contribution in [-0.2, 0) is 0 Å². The third-order valence-electron chi connectivity index (χ3n) is 5.07. The molecule has 3 rings (SSSR count). The number of carbonyl (C=O) groups is 1. The maximum absolute atomic E-state index is 11.9. The first-order valence-corrected chi connectivity index (χ1v) is 8.09. The van der Waals surface area contributed by atoms with Gasteiger partial charge in [-0.15, -0.1) is 0 Å². The van der Waals surface area contributed by atoms with E-state index in [9.17, 15) is 4.79 Å². The monoisotopic (exact) mass is 287 g/mol. The summed E-state index contributed by atoms with van der Waals surface area (Å²) in [5, 5.41) is 2.69. The molecule has 4 nitrogen and oxygen atoms in total. The maximum Gasteiger partial charge on any atom is 0.251 e. The summed E-state index contributed by atoms with van der Waals surface area (Å²) < 4.78 is 0. The van der Waals surface area contributed by atoms with E-state index in [1.54, 1.807) is 13.1 Å². The number of amides is 1. The molecule has 1 heterocycles. The van der Waals surface area contributed by atoms with E-state index in [2.05, 4.69) is 10.2 Å². The quantitative estimate of drug-likeness (QED) is 0.840. The molecule has 3 N–H and O–H groups in total. The van der Waals surface area contributed by atoms with Crippen molar-refractivity contribution in [3.05, 3.63) is 23.8 Å². The van der Waals surface area contributed by atoms with Crippen molar-refractivity contribution in [2.24, 2.45) is 5.92 Å². The summed E-state index contributed by atoms with van der Waals surface area (Å²) in [6.45, 7) is 1.06. The van der Waals surface area contributed by atoms with E-state index in [0.717, 1.165) is 23.8 Å². The molecular formula is C17H25N3O. The average Bonchev–Trinajstić information content (AvgIpc) is 3.17. The van der Waals surface area contributed by atoms with Crippen LogP contribution in [0.5, 0.6) is 0 Å². The minimum Gasteiger partial charge on any atom is -0.397 e. The van der Waals surface area contributed by atoms with Crippen molar-refractivity contribution >= 4 is 17.3 Å². The van der Waals surface area contributed by atoms with Crippen LogP contribution in [-0.4, -0.2) is 25.5 Å². The van der Waals surface area contributed by atoms with E-state index in [1.807, 2.05) is 12.1 Å². The van der Waals surface area contributed by atoms with Crippen molar-refractivity contribution in [3.8, 4) is 0 Å². The molecule has 1 atom stereocenters. The topological polar surface area (TPSA) is 58.4 Å². The summed E-state index contributed by atoms with van der Waals surface area (Å²) in [6, 6.07) is 6.23. The fourth-order valence-electron chi connectivity index (χ4n) is 4.00. The molecule has 1 aliphatic heterocycles. The summed E-state index contributed by atoms with van der Waals surface area (Å²) in [7, 11) is 1.66. The number of anilines is 2. The molecule has 114 valence electrons. The standard InChI is InChI=1S/C17H25N3O/c1-19-17(21)13-8-9-14(18)16(11-13)20-10-4-7-15(20)12-5-2-3-6-12/h8-9,11-12,15H,2-7,10,18H2,1H3,(H,19,21). The number of nitrogens with one attached hydrogen (secondary N) is 1. The Bertz CT molecular complexity index is 523. The van der Waals surface area contributed by atoms with Gasteiger partial charge in [-0.25, -0.2) is 0 Å². The zero-order valence-electron chi connectivity index (χ0n) is 12.8. The molecular weight excluding hydrogens is 262 g/mol. The summed E-state index contributed by atoms with van der Waals surface area (Å²) in [5.74, 6) is 0.753. The molecule has 1 amide bonds. The van der Waals surface area contributed by atoms with Gasteiger partial charge in [0.15, 0.2) is 0 Å². The lowest BCUT2D eigenvalue weighted by Gasteiger charge is -2.32. The van der Waals surface area contributed by atoms with Gasteiger partial charge >= 0.3 is 0 Å². The van der Waals surface area contributed by atoms with Crippen LogP contribution in [0.3, 0.4) is 0 Å². The van der Waals surface area contributed by atoms with Crippen molar-refractivity contribution in [1.82, 2.24) is 5.32 Å². The zero-order chi connectivity index (χ0) is 14.8. The lowest BCUT2D eigenvalue weighted by Crippen LogP contribution is -2.35. The van der Waals surface area contributed by atoms with Gasteiger partial charge in [-0.05, 0) is 49.8 Å². The molecule has 0 spiro atoms. The van der Waals surface area contributed by atoms with Gasteiger partial charge in [-0.3, -0.25) is 4.79 Å². The number of rotatable bonds is 3. The second kappa shape index (κ2) is 5.96. The summed E-state index contributed by atoms with van der Waals surface area (Å²) in [4.78, 5) is 14.3. The SMILES string of the molecule is CNC(=O)c1ccc(N)c(N2CCCC2C2CCCC2)c1. The number of nitrogens with two attached hydrogens (primary N) is 1. The normalized spacial score (nSPS) is 22.7. The molecule has 0 aromatic heterocycles. The van der Waals surface area contributed by atoms with Gasteiger partial charge in [0.05, 0.1) is 11.4 Å². The van der Waals surface area contributed by atoms with Gasteiger partial charge in [0.25, 0.3) is 5.91 Å². The first-order valence-electron chi connectivity index (χ1n) is 8.09. The second-order valence-corrected chi connectivity index (χ2v) is 6.30. The Balaban J connectivity index is 1.89. The van der Waals surface area contributed by atoms with E-state index < -0.39 is 0 Å². The van der Waals surface area contributed by atoms with Crippen LogP contribution in [0.1, 0.15) is 48.9 Å². The molecule has 0 bridgehead atoms. The molecule has 1 unspecified atom stereocenters. The molecule has 21 heavy (non-hydrogen) atoms. The Morgan fingerprint density at radius 1 is 1.24 bits per heavy atom. The van der Waals surface area contributed by atoms with Crippen LogP contribution in [0.25, 0.3) is 0 Å². The number of hydrogen-bond acceptors (Lipinski definition) is 3. The number of carbonyl (C=O) groups excluding carboxylic acids is 1. The smallest absolute Gasteiger partial charge is 0.251 e. The highest BCUT2D eigenvalue weighted by Gasteiger charge is 2.34. The Morgan fingerprint density at radius 2 is 2.00 bits per heavy atom. The highest BCUT2D eigenvalue weighted by molar-refractivity contribution is 5.96. The van der Waals surface area contributed by atoms with Crippen LogP contribution in [0.15, 0.2) is 18.2 Å². The largest absolute Gasteiger partial charge is 0.397 e. The van der Waals surface area contributed by atoms with E-state index >= 15 is 0 Å². The third-order valence-corrected chi connectivity index (χ3v) is 5.07. The van der Waals surface area contributed by atoms with E-state index in [-0.39, 0.29) is 5.91 Å². The van der Waals surface area contributed by atoms with Crippen LogP contribution in [0.2, 0.25) is 0 Å². The van der Waals surface area contributed by atoms with Crippen LogP contribution >= 0.6 is 0 Å². The minimum atomic E-state index is -0.0483. The van der Waals surface area contributed by atoms with Crippen molar-refractivity contribution in [2.75, 3.05) is 24.2 Å². The van der Waals surface area contributed by atoms with Crippen LogP contribution in [0.4, 0.5) is 11.4 Å². The highest BCUT2D eigenvalue weighted by Crippen LogP contribution is 2.39. The molecule has 2 aliphatic rings. The highest BCUT2D eigenvalue weighted by atomic mass is 16.1. The van der Waals surface area contributed by atoms with Crippen molar-refractivity contribution in [1.29, 1.82) is 0 Å². The Kier molecular flexibility index (Phi) is 4.04. The summed E-state index contributed by atoms with van der Waals surface area (Å²) in [5.41, 5.74) is 8.72. The number of benzene rings is 1. The molecule has 1 saturated carbocycles. The Labute approximate surface area is 126 Å². The fraction of sp³-hybridized carbons (Fsp3) is 0.588. The van der Waals surface area contributed by atoms with E-state index in [1.165, 1.54) is 38.5 Å². The number of nitrogen functional groups attached to an aromatic ring is 1. The summed E-state index contributed by atoms with van der Waals surface area (Å²) in [6.07, 6.45) is 7.90. The predicted octanol–water partition coefficient (Wildman–Crippen LogP) is 2.79. The molecule has 1 saturated heterocycles. The average molecular weight is 287 g/mol. The first-order chi connectivity index (χ1) is 10.2. The molecule has 4 heteroatoms. The fourth-order valence-corrected chi connectivity index (χ4v) is 4.00. The van der Waals surface area contributed by atoms with E-state index in [4.69, 9.17) is 5.73 Å². The minimum absolute atomic E-state index is 0.0483. The van der Waals surface area contributed by atoms with Crippen molar-refractivity contribution in [3.63, 3.8) is 0 Å². The van der Waals surface area contributed by atoms with Gasteiger partial charge in [-0.1, -0.05) is 12.8 Å². The molecule has 1 aromatic carbocycles. The second-order valence-electron chi connectivity index (χ2n) is 6.30. The van der Waals surface area contributed by atoms with Gasteiger partial charge in [0, 0.05) is 25.2 Å². The van der Waals surface area contributed by atoms with Gasteiger partial charge in [0.1, 0.15) is 0 Å². The number of nitrogens with zero attached hydrogens (tertiary/aromatic N) is 1. The van der Waals surface area contributed by atoms with Crippen LogP contribution in [0, 0.1) is 5.92 Å². The van der Waals surface area contributed by atoms with Gasteiger partial charge in [0.2, 0.25) is 0 Å². The molecule has 2 fully saturated rings. The summed E-state index contributed by atoms with van der Waals surface area (Å²) >= 11 is 0. The van der Waals surface area contributed by atoms with Crippen molar-refractivity contribution in [2.45, 2.75) is 44.6 Å². The Morgan fingerprint density at radius 3 is 2.71 bits per heavy atom. The molecule has 1 aromatic rings. The first kappa shape index (κ1) is 14.2. The lowest BCUT2D eigenvalue weighted by atomic mass is 9.95. The maximum atomic E-state index is 11.9. The zero-order valence-corrected chi connectivity index (χ0v) is 12.8. The van der Waals surface area contributed by atoms with Crippen LogP contribution < -0.4 is 16.0 Å². The van der Waals surface area contributed by atoms with E-state index in [0.29, 0.717) is 11.6 Å². The van der Waals surface area contributed by atoms with Gasteiger partial charge in [-0.2, -0.15) is 0 Å². The number of hydrogen-bond donors (Lipinski definition) is 2. The molecule has 0 radical (unpaired) electrons. The lowest BCUT2D eigenvalue weighted by molar-refractivity contribution is 0.0963. The Hall–Kier alpha value is -1.71.